The van der Waals surface area contributed by atoms with Gasteiger partial charge in [0.05, 0.1) is 20.9 Å². The average Bonchev–Trinajstić information content (AvgIpc) is 3.79. The van der Waals surface area contributed by atoms with E-state index in [1.165, 1.54) is 13.8 Å². The lowest BCUT2D eigenvalue weighted by Crippen LogP contribution is -2.48. The molecule has 0 spiro atoms. The molecule has 7 aromatic rings. The van der Waals surface area contributed by atoms with Crippen LogP contribution in [-0.2, 0) is 12.4 Å². The minimum absolute atomic E-state index is 0.0166. The van der Waals surface area contributed by atoms with Crippen LogP contribution in [0.25, 0.3) is 43.8 Å². The smallest absolute Gasteiger partial charge is 0.194 e. The summed E-state index contributed by atoms with van der Waals surface area (Å²) in [5.74, 6) is -6.24. The molecule has 1 aliphatic rings. The zero-order chi connectivity index (χ0) is 43.9. The van der Waals surface area contributed by atoms with Gasteiger partial charge in [0.1, 0.15) is 0 Å². The van der Waals surface area contributed by atoms with Crippen LogP contribution < -0.4 is 0 Å². The van der Waals surface area contributed by atoms with Crippen LogP contribution in [0.4, 0.5) is 52.7 Å². The van der Waals surface area contributed by atoms with Crippen molar-refractivity contribution in [2.75, 3.05) is 0 Å². The number of fused-ring (bicyclic) bond motifs is 2. The molecule has 0 unspecified atom stereocenters. The fourth-order valence-corrected chi connectivity index (χ4v) is 9.24. The highest BCUT2D eigenvalue weighted by molar-refractivity contribution is 7.13. The van der Waals surface area contributed by atoms with E-state index in [9.17, 15) is 26.3 Å². The van der Waals surface area contributed by atoms with E-state index in [4.69, 9.17) is 0 Å². The van der Waals surface area contributed by atoms with Gasteiger partial charge >= 0.3 is 30.1 Å². The monoisotopic (exact) mass is 880 g/mol. The number of rotatable bonds is 3. The maximum atomic E-state index is 15.9. The van der Waals surface area contributed by atoms with Crippen LogP contribution in [0.1, 0.15) is 52.9 Å². The summed E-state index contributed by atoms with van der Waals surface area (Å²) in [6, 6.07) is 27.2. The third-order valence-corrected chi connectivity index (χ3v) is 12.2. The summed E-state index contributed by atoms with van der Waals surface area (Å²) < 4.78 is 175. The van der Waals surface area contributed by atoms with Gasteiger partial charge in [-0.1, -0.05) is 103 Å². The number of allylic oxidation sites excluding steroid dienone is 2. The van der Waals surface area contributed by atoms with Gasteiger partial charge in [-0.25, -0.2) is 0 Å². The molecule has 0 aliphatic heterocycles. The van der Waals surface area contributed by atoms with Gasteiger partial charge in [0.2, 0.25) is 0 Å². The molecule has 0 fully saturated rings. The molecule has 308 valence electrons. The highest BCUT2D eigenvalue weighted by Gasteiger charge is 2.80. The Morgan fingerprint density at radius 2 is 0.885 bits per heavy atom. The molecule has 14 heteroatoms. The van der Waals surface area contributed by atoms with Gasteiger partial charge in [0.25, 0.3) is 0 Å². The van der Waals surface area contributed by atoms with Gasteiger partial charge < -0.3 is 0 Å². The SMILES string of the molecule is Cc1sc(C#Cc2cc(C(F)(F)F)cc(C(F)(F)F)c2)cc1C1=C(c2cc(C#Cc3c4ccccc4c(-c4ccccc4)c4ccccc34)sc2C)C(F)(F)C(F)(F)C1(F)F. The number of thiophene rings is 2. The third-order valence-electron chi connectivity index (χ3n) is 10.3. The van der Waals surface area contributed by atoms with Crippen molar-refractivity contribution >= 4 is 55.4 Å². The molecule has 0 saturated carbocycles. The van der Waals surface area contributed by atoms with Crippen LogP contribution in [-0.4, -0.2) is 17.8 Å². The Kier molecular flexibility index (Phi) is 10.00. The summed E-state index contributed by atoms with van der Waals surface area (Å²) in [6.07, 6.45) is -10.4. The number of hydrogen-bond acceptors (Lipinski definition) is 2. The van der Waals surface area contributed by atoms with Crippen LogP contribution in [0.2, 0.25) is 0 Å². The first-order valence-corrected chi connectivity index (χ1v) is 19.7. The van der Waals surface area contributed by atoms with Crippen molar-refractivity contribution in [1.29, 1.82) is 0 Å². The largest absolute Gasteiger partial charge is 0.416 e. The molecule has 8 rings (SSSR count). The third kappa shape index (κ3) is 7.05. The van der Waals surface area contributed by atoms with E-state index in [2.05, 4.69) is 23.7 Å². The van der Waals surface area contributed by atoms with Crippen molar-refractivity contribution in [3.05, 3.63) is 162 Å². The minimum atomic E-state index is -5.91. The van der Waals surface area contributed by atoms with Crippen molar-refractivity contribution in [3.63, 3.8) is 0 Å². The lowest BCUT2D eigenvalue weighted by molar-refractivity contribution is -0.254. The molecule has 0 bridgehead atoms. The maximum Gasteiger partial charge on any atom is 0.416 e. The second-order valence-corrected chi connectivity index (χ2v) is 16.6. The number of aryl methyl sites for hydroxylation is 2. The van der Waals surface area contributed by atoms with Crippen molar-refractivity contribution in [1.82, 2.24) is 0 Å². The number of alkyl halides is 12. The van der Waals surface area contributed by atoms with Gasteiger partial charge in [-0.3, -0.25) is 0 Å². The van der Waals surface area contributed by atoms with Crippen molar-refractivity contribution in [2.45, 2.75) is 44.0 Å². The van der Waals surface area contributed by atoms with Crippen LogP contribution in [0.5, 0.6) is 0 Å². The molecular weight excluding hydrogens is 857 g/mol. The van der Waals surface area contributed by atoms with Gasteiger partial charge in [-0.05, 0) is 88.0 Å². The van der Waals surface area contributed by atoms with E-state index in [0.717, 1.165) is 56.1 Å². The zero-order valence-electron chi connectivity index (χ0n) is 31.2. The molecule has 0 saturated heterocycles. The fraction of sp³-hybridized carbons (Fsp3) is 0.149. The van der Waals surface area contributed by atoms with Gasteiger partial charge in [0, 0.05) is 32.0 Å². The van der Waals surface area contributed by atoms with Crippen LogP contribution in [0.15, 0.2) is 109 Å². The van der Waals surface area contributed by atoms with E-state index in [1.54, 1.807) is 0 Å². The minimum Gasteiger partial charge on any atom is -0.194 e. The van der Waals surface area contributed by atoms with E-state index < -0.39 is 69.1 Å². The van der Waals surface area contributed by atoms with Gasteiger partial charge in [-0.15, -0.1) is 22.7 Å². The molecule has 1 aliphatic carbocycles. The van der Waals surface area contributed by atoms with Crippen molar-refractivity contribution in [2.24, 2.45) is 0 Å². The summed E-state index contributed by atoms with van der Waals surface area (Å²) in [4.78, 5) is -0.361. The van der Waals surface area contributed by atoms with Gasteiger partial charge in [-0.2, -0.15) is 52.7 Å². The summed E-state index contributed by atoms with van der Waals surface area (Å²) >= 11 is 1.40. The Balaban J connectivity index is 1.26. The van der Waals surface area contributed by atoms with E-state index in [1.807, 2.05) is 78.9 Å². The molecule has 5 aromatic carbocycles. The molecule has 0 radical (unpaired) electrons. The topological polar surface area (TPSA) is 0 Å². The summed E-state index contributed by atoms with van der Waals surface area (Å²) in [7, 11) is 0. The Labute approximate surface area is 347 Å². The van der Waals surface area contributed by atoms with E-state index >= 15 is 26.3 Å². The first-order valence-electron chi connectivity index (χ1n) is 18.0. The molecule has 0 amide bonds. The van der Waals surface area contributed by atoms with Crippen molar-refractivity contribution in [3.8, 4) is 34.8 Å². The molecule has 0 N–H and O–H groups in total. The molecule has 2 aromatic heterocycles. The molecular formula is C47H24F12S2. The Morgan fingerprint density at radius 1 is 0.475 bits per heavy atom. The standard InChI is InChI=1S/C47H24F12S2/c1-25-38(23-31(60-25)17-16-27-20-29(45(52,53)54)22-30(21-27)46(55,56)57)41-42(44(50,51)47(58,59)43(41,48)49)39-24-32(61-26(39)2)18-19-35-33-12-6-8-14-36(33)40(28-10-4-3-5-11-28)37-15-9-7-13-34(35)37/h3-15,20-24H,1-2H3. The van der Waals surface area contributed by atoms with Gasteiger partial charge in [0.15, 0.2) is 0 Å². The average molecular weight is 881 g/mol. The second-order valence-electron chi connectivity index (χ2n) is 14.1. The first kappa shape index (κ1) is 41.8. The number of hydrogen-bond donors (Lipinski definition) is 0. The number of halogens is 12. The highest BCUT2D eigenvalue weighted by atomic mass is 32.1. The van der Waals surface area contributed by atoms with Crippen molar-refractivity contribution < 1.29 is 52.7 Å². The Hall–Kier alpha value is -5.96. The maximum absolute atomic E-state index is 15.9. The molecule has 2 heterocycles. The molecule has 0 nitrogen and oxygen atoms in total. The quantitative estimate of drug-likeness (QED) is 0.0942. The fourth-order valence-electron chi connectivity index (χ4n) is 7.48. The molecule has 61 heavy (non-hydrogen) atoms. The predicted octanol–water partition coefficient (Wildman–Crippen LogP) is 15.1. The van der Waals surface area contributed by atoms with Crippen LogP contribution >= 0.6 is 22.7 Å². The normalized spacial score (nSPS) is 15.8. The Morgan fingerprint density at radius 3 is 1.33 bits per heavy atom. The zero-order valence-corrected chi connectivity index (χ0v) is 32.9. The summed E-state index contributed by atoms with van der Waals surface area (Å²) in [6.45, 7) is 2.48. The summed E-state index contributed by atoms with van der Waals surface area (Å²) in [5.41, 5.74) is -6.20. The number of benzene rings is 5. The molecule has 0 atom stereocenters. The van der Waals surface area contributed by atoms with Crippen LogP contribution in [0, 0.1) is 37.5 Å². The lowest BCUT2D eigenvalue weighted by Gasteiger charge is -2.25. The summed E-state index contributed by atoms with van der Waals surface area (Å²) in [5, 5.41) is 3.29. The van der Waals surface area contributed by atoms with Crippen LogP contribution in [0.3, 0.4) is 0 Å². The van der Waals surface area contributed by atoms with E-state index in [0.29, 0.717) is 29.0 Å². The Bertz CT molecular complexity index is 2980. The first-order chi connectivity index (χ1) is 28.6. The van der Waals surface area contributed by atoms with E-state index in [-0.39, 0.29) is 25.6 Å². The lowest BCUT2D eigenvalue weighted by atomic mass is 9.88. The highest BCUT2D eigenvalue weighted by Crippen LogP contribution is 2.65. The predicted molar refractivity (Wildman–Crippen MR) is 215 cm³/mol. The second kappa shape index (κ2) is 14.6.